The van der Waals surface area contributed by atoms with E-state index in [1.54, 1.807) is 16.8 Å². The van der Waals surface area contributed by atoms with Crippen LogP contribution in [0, 0.1) is 0 Å². The smallest absolute Gasteiger partial charge is 0.214 e. The van der Waals surface area contributed by atoms with Gasteiger partial charge >= 0.3 is 0 Å². The zero-order valence-electron chi connectivity index (χ0n) is 12.3. The van der Waals surface area contributed by atoms with Gasteiger partial charge in [-0.25, -0.2) is 0 Å². The van der Waals surface area contributed by atoms with Gasteiger partial charge in [-0.3, -0.25) is 9.48 Å². The van der Waals surface area contributed by atoms with Gasteiger partial charge in [0.1, 0.15) is 11.4 Å². The van der Waals surface area contributed by atoms with E-state index >= 15 is 0 Å². The third-order valence-electron chi connectivity index (χ3n) is 3.40. The number of ketones is 1. The van der Waals surface area contributed by atoms with Crippen molar-refractivity contribution in [2.45, 2.75) is 13.5 Å². The third kappa shape index (κ3) is 2.51. The molecule has 4 heteroatoms. The molecule has 0 radical (unpaired) electrons. The Morgan fingerprint density at radius 2 is 2.00 bits per heavy atom. The Morgan fingerprint density at radius 3 is 2.73 bits per heavy atom. The number of fused-ring (bicyclic) bond motifs is 1. The third-order valence-corrected chi connectivity index (χ3v) is 3.40. The quantitative estimate of drug-likeness (QED) is 0.591. The normalized spacial score (nSPS) is 10.8. The van der Waals surface area contributed by atoms with Crippen LogP contribution in [0.4, 0.5) is 0 Å². The number of rotatable bonds is 4. The van der Waals surface area contributed by atoms with E-state index in [4.69, 9.17) is 0 Å². The second-order valence-electron chi connectivity index (χ2n) is 5.36. The average Bonchev–Trinajstić information content (AvgIpc) is 2.85. The van der Waals surface area contributed by atoms with Crippen LogP contribution in [-0.2, 0) is 6.54 Å². The van der Waals surface area contributed by atoms with Crippen molar-refractivity contribution in [2.24, 2.45) is 0 Å². The monoisotopic (exact) mass is 292 g/mol. The molecule has 22 heavy (non-hydrogen) atoms. The maximum absolute atomic E-state index is 12.7. The first-order valence-electron chi connectivity index (χ1n) is 7.00. The minimum absolute atomic E-state index is 0.0662. The molecule has 3 aromatic rings. The van der Waals surface area contributed by atoms with E-state index in [2.05, 4.69) is 11.7 Å². The lowest BCUT2D eigenvalue weighted by molar-refractivity contribution is 0.103. The van der Waals surface area contributed by atoms with Crippen molar-refractivity contribution >= 4 is 16.7 Å². The van der Waals surface area contributed by atoms with E-state index in [0.717, 1.165) is 16.5 Å². The first kappa shape index (κ1) is 14.1. The number of phenolic OH excluding ortho intramolecular Hbond substituents is 1. The summed E-state index contributed by atoms with van der Waals surface area (Å²) in [6.07, 6.45) is 0. The molecule has 3 rings (SSSR count). The van der Waals surface area contributed by atoms with Gasteiger partial charge in [0, 0.05) is 10.9 Å². The topological polar surface area (TPSA) is 55.1 Å². The number of carbonyl (C=O) groups is 1. The van der Waals surface area contributed by atoms with Crippen molar-refractivity contribution in [3.63, 3.8) is 0 Å². The van der Waals surface area contributed by atoms with Crippen LogP contribution in [0.3, 0.4) is 0 Å². The molecule has 0 amide bonds. The molecule has 1 N–H and O–H groups in total. The first-order chi connectivity index (χ1) is 10.6. The highest BCUT2D eigenvalue weighted by molar-refractivity contribution is 6.15. The number of nitrogens with zero attached hydrogens (tertiary/aromatic N) is 2. The highest BCUT2D eigenvalue weighted by Crippen LogP contribution is 2.23. The number of aromatic nitrogens is 2. The Bertz CT molecular complexity index is 878. The van der Waals surface area contributed by atoms with Gasteiger partial charge in [0.25, 0.3) is 0 Å². The SMILES string of the molecule is C=C(C)Cn1nc(C(=O)c2cccc(O)c2)c2ccccc21. The summed E-state index contributed by atoms with van der Waals surface area (Å²) < 4.78 is 1.79. The Balaban J connectivity index is 2.14. The molecule has 1 heterocycles. The molecular weight excluding hydrogens is 276 g/mol. The predicted molar refractivity (Wildman–Crippen MR) is 86.1 cm³/mol. The molecule has 1 aromatic heterocycles. The van der Waals surface area contributed by atoms with Crippen LogP contribution in [0.25, 0.3) is 10.9 Å². The van der Waals surface area contributed by atoms with Crippen LogP contribution in [-0.4, -0.2) is 20.7 Å². The van der Waals surface area contributed by atoms with Crippen molar-refractivity contribution < 1.29 is 9.90 Å². The molecule has 0 aliphatic rings. The van der Waals surface area contributed by atoms with Crippen LogP contribution in [0.2, 0.25) is 0 Å². The van der Waals surface area contributed by atoms with Crippen LogP contribution in [0.5, 0.6) is 5.75 Å². The minimum Gasteiger partial charge on any atom is -0.508 e. The highest BCUT2D eigenvalue weighted by atomic mass is 16.3. The van der Waals surface area contributed by atoms with Crippen molar-refractivity contribution in [1.82, 2.24) is 9.78 Å². The summed E-state index contributed by atoms with van der Waals surface area (Å²) in [7, 11) is 0. The zero-order chi connectivity index (χ0) is 15.7. The summed E-state index contributed by atoms with van der Waals surface area (Å²) in [5.41, 5.74) is 2.67. The molecule has 0 saturated heterocycles. The summed E-state index contributed by atoms with van der Waals surface area (Å²) in [6, 6.07) is 13.9. The van der Waals surface area contributed by atoms with Gasteiger partial charge in [-0.2, -0.15) is 5.10 Å². The number of carbonyl (C=O) groups excluding carboxylic acids is 1. The molecule has 0 atom stereocenters. The minimum atomic E-state index is -0.201. The van der Waals surface area contributed by atoms with E-state index in [-0.39, 0.29) is 11.5 Å². The average molecular weight is 292 g/mol. The molecular formula is C18H16N2O2. The molecule has 0 spiro atoms. The number of aromatic hydroxyl groups is 1. The van der Waals surface area contributed by atoms with E-state index in [0.29, 0.717) is 17.8 Å². The highest BCUT2D eigenvalue weighted by Gasteiger charge is 2.18. The van der Waals surface area contributed by atoms with Crippen LogP contribution >= 0.6 is 0 Å². The summed E-state index contributed by atoms with van der Waals surface area (Å²) in [4.78, 5) is 12.7. The predicted octanol–water partition coefficient (Wildman–Crippen LogP) is 3.55. The van der Waals surface area contributed by atoms with Gasteiger partial charge in [0.05, 0.1) is 12.1 Å². The van der Waals surface area contributed by atoms with Crippen molar-refractivity contribution in [3.8, 4) is 5.75 Å². The first-order valence-corrected chi connectivity index (χ1v) is 7.00. The van der Waals surface area contributed by atoms with E-state index in [1.807, 2.05) is 31.2 Å². The van der Waals surface area contributed by atoms with E-state index in [1.165, 1.54) is 12.1 Å². The van der Waals surface area contributed by atoms with E-state index in [9.17, 15) is 9.90 Å². The number of hydrogen-bond donors (Lipinski definition) is 1. The second kappa shape index (κ2) is 5.48. The number of allylic oxidation sites excluding steroid dienone is 1. The Labute approximate surface area is 128 Å². The number of phenols is 1. The Hall–Kier alpha value is -2.88. The fraction of sp³-hybridized carbons (Fsp3) is 0.111. The summed E-state index contributed by atoms with van der Waals surface area (Å²) in [5.74, 6) is -0.135. The lowest BCUT2D eigenvalue weighted by Crippen LogP contribution is -2.05. The fourth-order valence-corrected chi connectivity index (χ4v) is 2.46. The van der Waals surface area contributed by atoms with Crippen molar-refractivity contribution in [2.75, 3.05) is 0 Å². The lowest BCUT2D eigenvalue weighted by Gasteiger charge is -2.01. The number of benzene rings is 2. The Morgan fingerprint density at radius 1 is 1.23 bits per heavy atom. The van der Waals surface area contributed by atoms with Gasteiger partial charge < -0.3 is 5.11 Å². The summed E-state index contributed by atoms with van der Waals surface area (Å²) in [6.45, 7) is 6.39. The summed E-state index contributed by atoms with van der Waals surface area (Å²) >= 11 is 0. The van der Waals surface area contributed by atoms with Gasteiger partial charge in [0.2, 0.25) is 5.78 Å². The number of hydrogen-bond acceptors (Lipinski definition) is 3. The van der Waals surface area contributed by atoms with Crippen LogP contribution in [0.1, 0.15) is 23.0 Å². The molecule has 2 aromatic carbocycles. The Kier molecular flexibility index (Phi) is 3.51. The van der Waals surface area contributed by atoms with E-state index < -0.39 is 0 Å². The zero-order valence-corrected chi connectivity index (χ0v) is 12.3. The van der Waals surface area contributed by atoms with Crippen LogP contribution < -0.4 is 0 Å². The maximum Gasteiger partial charge on any atom is 0.214 e. The van der Waals surface area contributed by atoms with Gasteiger partial charge in [-0.15, -0.1) is 0 Å². The maximum atomic E-state index is 12.7. The largest absolute Gasteiger partial charge is 0.508 e. The van der Waals surface area contributed by atoms with Crippen molar-refractivity contribution in [1.29, 1.82) is 0 Å². The van der Waals surface area contributed by atoms with Gasteiger partial charge in [-0.1, -0.05) is 42.5 Å². The van der Waals surface area contributed by atoms with Gasteiger partial charge in [0.15, 0.2) is 0 Å². The molecule has 0 aliphatic heterocycles. The van der Waals surface area contributed by atoms with Gasteiger partial charge in [-0.05, 0) is 25.1 Å². The summed E-state index contributed by atoms with van der Waals surface area (Å²) in [5, 5.41) is 14.8. The molecule has 4 nitrogen and oxygen atoms in total. The number of para-hydroxylation sites is 1. The second-order valence-corrected chi connectivity index (χ2v) is 5.36. The fourth-order valence-electron chi connectivity index (χ4n) is 2.46. The lowest BCUT2D eigenvalue weighted by atomic mass is 10.1. The molecule has 0 unspecified atom stereocenters. The standard InChI is InChI=1S/C18H16N2O2/c1-12(2)11-20-16-9-4-3-8-15(16)17(19-20)18(22)13-6-5-7-14(21)10-13/h3-10,21H,1,11H2,2H3. The molecule has 0 saturated carbocycles. The molecule has 110 valence electrons. The van der Waals surface area contributed by atoms with Crippen molar-refractivity contribution in [3.05, 3.63) is 71.9 Å². The molecule has 0 fully saturated rings. The molecule has 0 bridgehead atoms. The van der Waals surface area contributed by atoms with Crippen LogP contribution in [0.15, 0.2) is 60.7 Å². The molecule has 0 aliphatic carbocycles.